The summed E-state index contributed by atoms with van der Waals surface area (Å²) in [6.45, 7) is 6.69. The van der Waals surface area contributed by atoms with E-state index in [1.54, 1.807) is 31.6 Å². The van der Waals surface area contributed by atoms with Gasteiger partial charge in [0, 0.05) is 74.5 Å². The van der Waals surface area contributed by atoms with Gasteiger partial charge < -0.3 is 14.6 Å². The highest BCUT2D eigenvalue weighted by Crippen LogP contribution is 2.42. The fourth-order valence-electron chi connectivity index (χ4n) is 5.07. The Morgan fingerprint density at radius 3 is 2.20 bits per heavy atom. The molecule has 2 aromatic heterocycles. The molecule has 210 valence electrons. The Morgan fingerprint density at radius 1 is 0.950 bits per heavy atom. The van der Waals surface area contributed by atoms with E-state index in [4.69, 9.17) is 11.6 Å². The first-order chi connectivity index (χ1) is 19.0. The molecule has 1 fully saturated rings. The minimum Gasteiger partial charge on any atom is -0.507 e. The molecule has 1 saturated heterocycles. The number of imidazole rings is 1. The maximum absolute atomic E-state index is 14.9. The lowest BCUT2D eigenvalue weighted by Crippen LogP contribution is -2.49. The summed E-state index contributed by atoms with van der Waals surface area (Å²) >= 11 is 6.49. The van der Waals surface area contributed by atoms with Gasteiger partial charge in [0.05, 0.1) is 16.4 Å². The quantitative estimate of drug-likeness (QED) is 0.313. The second-order valence-electron chi connectivity index (χ2n) is 10.1. The number of hydrogen-bond acceptors (Lipinski definition) is 5. The van der Waals surface area contributed by atoms with Gasteiger partial charge in [0.15, 0.2) is 0 Å². The van der Waals surface area contributed by atoms with E-state index in [0.717, 1.165) is 6.07 Å². The lowest BCUT2D eigenvalue weighted by molar-refractivity contribution is 0.146. The molecule has 1 N–H and O–H groups in total. The highest BCUT2D eigenvalue weighted by molar-refractivity contribution is 6.32. The van der Waals surface area contributed by atoms with Crippen LogP contribution in [0, 0.1) is 5.82 Å². The van der Waals surface area contributed by atoms with Crippen LogP contribution in [0.5, 0.6) is 5.75 Å². The molecule has 5 rings (SSSR count). The molecule has 3 heterocycles. The molecule has 0 spiro atoms. The number of phenolic OH excluding ortho intramolecular Hbond substituents is 1. The van der Waals surface area contributed by atoms with Crippen LogP contribution in [0.15, 0.2) is 59.8 Å². The number of hydrogen-bond donors (Lipinski definition) is 1. The maximum Gasteiger partial charge on any atom is 0.332 e. The Kier molecular flexibility index (Phi) is 7.65. The van der Waals surface area contributed by atoms with Gasteiger partial charge in [-0.2, -0.15) is 0 Å². The van der Waals surface area contributed by atoms with E-state index in [-0.39, 0.29) is 39.0 Å². The zero-order valence-electron chi connectivity index (χ0n) is 22.3. The van der Waals surface area contributed by atoms with Crippen LogP contribution in [0.25, 0.3) is 27.9 Å². The minimum absolute atomic E-state index is 0.116. The number of aryl methyl sites for hydroxylation is 1. The number of alkyl halides is 2. The monoisotopic (exact) mass is 571 g/mol. The van der Waals surface area contributed by atoms with Crippen LogP contribution in [0.3, 0.4) is 0 Å². The third-order valence-corrected chi connectivity index (χ3v) is 7.64. The predicted molar refractivity (Wildman–Crippen MR) is 150 cm³/mol. The van der Waals surface area contributed by atoms with Crippen molar-refractivity contribution in [3.05, 3.63) is 82.0 Å². The Bertz CT molecular complexity index is 1610. The standard InChI is InChI=1S/C29H29ClF3N5O2/c1-17(2)36-7-9-37(10-8-36)25-13-19(16-34-26(25)28(32)33)22-15-20(31)14-21(27(22)39)18-4-5-24(23(30)12-18)38-11-6-35(3)29(38)40/h4-6,11-17,28,39H,7-10H2,1-3H3. The van der Waals surface area contributed by atoms with Crippen LogP contribution in [0.4, 0.5) is 18.9 Å². The first-order valence-electron chi connectivity index (χ1n) is 12.9. The molecule has 0 atom stereocenters. The van der Waals surface area contributed by atoms with Crippen molar-refractivity contribution in [3.8, 4) is 33.7 Å². The molecule has 0 unspecified atom stereocenters. The fourth-order valence-corrected chi connectivity index (χ4v) is 5.34. The van der Waals surface area contributed by atoms with Crippen molar-refractivity contribution in [2.24, 2.45) is 7.05 Å². The number of anilines is 1. The summed E-state index contributed by atoms with van der Waals surface area (Å²) in [7, 11) is 1.62. The van der Waals surface area contributed by atoms with Crippen LogP contribution in [-0.2, 0) is 7.05 Å². The van der Waals surface area contributed by atoms with E-state index in [2.05, 4.69) is 23.7 Å². The number of aromatic nitrogens is 3. The molecular formula is C29H29ClF3N5O2. The Hall–Kier alpha value is -3.76. The number of benzene rings is 2. The summed E-state index contributed by atoms with van der Waals surface area (Å²) < 4.78 is 45.5. The summed E-state index contributed by atoms with van der Waals surface area (Å²) in [4.78, 5) is 20.5. The molecule has 0 saturated carbocycles. The average molecular weight is 572 g/mol. The second-order valence-corrected chi connectivity index (χ2v) is 10.5. The van der Waals surface area contributed by atoms with Crippen molar-refractivity contribution in [2.45, 2.75) is 26.3 Å². The second kappa shape index (κ2) is 11.0. The third-order valence-electron chi connectivity index (χ3n) is 7.34. The molecule has 1 aliphatic rings. The van der Waals surface area contributed by atoms with Crippen LogP contribution in [0.1, 0.15) is 26.0 Å². The number of rotatable bonds is 6. The summed E-state index contributed by atoms with van der Waals surface area (Å²) in [5.74, 6) is -0.878. The molecule has 1 aliphatic heterocycles. The summed E-state index contributed by atoms with van der Waals surface area (Å²) in [5.41, 5.74) is 1.06. The van der Waals surface area contributed by atoms with Gasteiger partial charge >= 0.3 is 5.69 Å². The van der Waals surface area contributed by atoms with E-state index in [9.17, 15) is 23.1 Å². The van der Waals surface area contributed by atoms with Gasteiger partial charge in [-0.05, 0) is 49.7 Å². The van der Waals surface area contributed by atoms with Gasteiger partial charge in [0.25, 0.3) is 6.43 Å². The van der Waals surface area contributed by atoms with Gasteiger partial charge in [0.2, 0.25) is 0 Å². The molecule has 7 nitrogen and oxygen atoms in total. The summed E-state index contributed by atoms with van der Waals surface area (Å²) in [6.07, 6.45) is 1.62. The highest BCUT2D eigenvalue weighted by Gasteiger charge is 2.26. The number of nitrogens with zero attached hydrogens (tertiary/aromatic N) is 5. The normalized spacial score (nSPS) is 14.5. The van der Waals surface area contributed by atoms with Crippen molar-refractivity contribution >= 4 is 17.3 Å². The minimum atomic E-state index is -2.79. The van der Waals surface area contributed by atoms with E-state index in [1.165, 1.54) is 33.5 Å². The van der Waals surface area contributed by atoms with E-state index in [0.29, 0.717) is 49.0 Å². The largest absolute Gasteiger partial charge is 0.507 e. The molecule has 11 heteroatoms. The zero-order chi connectivity index (χ0) is 28.7. The van der Waals surface area contributed by atoms with Crippen molar-refractivity contribution in [3.63, 3.8) is 0 Å². The Morgan fingerprint density at radius 2 is 1.62 bits per heavy atom. The van der Waals surface area contributed by atoms with E-state index >= 15 is 0 Å². The summed E-state index contributed by atoms with van der Waals surface area (Å²) in [5, 5.41) is 11.5. The smallest absolute Gasteiger partial charge is 0.332 e. The maximum atomic E-state index is 14.9. The first kappa shape index (κ1) is 27.8. The van der Waals surface area contributed by atoms with Crippen molar-refractivity contribution in [1.29, 1.82) is 0 Å². The zero-order valence-corrected chi connectivity index (χ0v) is 23.0. The fraction of sp³-hybridized carbons (Fsp3) is 0.310. The molecule has 2 aromatic carbocycles. The van der Waals surface area contributed by atoms with Crippen LogP contribution in [0.2, 0.25) is 5.02 Å². The van der Waals surface area contributed by atoms with Crippen LogP contribution < -0.4 is 10.6 Å². The lowest BCUT2D eigenvalue weighted by Gasteiger charge is -2.38. The molecule has 0 radical (unpaired) electrons. The van der Waals surface area contributed by atoms with Crippen LogP contribution in [-0.4, -0.2) is 56.3 Å². The predicted octanol–water partition coefficient (Wildman–Crippen LogP) is 5.87. The van der Waals surface area contributed by atoms with Gasteiger partial charge in [-0.3, -0.25) is 14.5 Å². The number of pyridine rings is 1. The molecule has 0 aliphatic carbocycles. The molecule has 40 heavy (non-hydrogen) atoms. The molecule has 4 aromatic rings. The SMILES string of the molecule is CC(C)N1CCN(c2cc(-c3cc(F)cc(-c4ccc(-n5ccn(C)c5=O)c(Cl)c4)c3O)cnc2C(F)F)CC1. The van der Waals surface area contributed by atoms with Gasteiger partial charge in [0.1, 0.15) is 17.3 Å². The van der Waals surface area contributed by atoms with E-state index in [1.807, 2.05) is 4.90 Å². The van der Waals surface area contributed by atoms with Crippen molar-refractivity contribution in [2.75, 3.05) is 31.1 Å². The number of phenols is 1. The number of aromatic hydroxyl groups is 1. The highest BCUT2D eigenvalue weighted by atomic mass is 35.5. The molecule has 0 amide bonds. The molecule has 0 bridgehead atoms. The van der Waals surface area contributed by atoms with E-state index < -0.39 is 12.2 Å². The van der Waals surface area contributed by atoms with Crippen molar-refractivity contribution in [1.82, 2.24) is 19.0 Å². The topological polar surface area (TPSA) is 66.5 Å². The number of halogens is 4. The van der Waals surface area contributed by atoms with Gasteiger partial charge in [-0.15, -0.1) is 0 Å². The lowest BCUT2D eigenvalue weighted by atomic mass is 9.97. The van der Waals surface area contributed by atoms with Gasteiger partial charge in [-0.25, -0.2) is 18.0 Å². The van der Waals surface area contributed by atoms with Crippen molar-refractivity contribution < 1.29 is 18.3 Å². The van der Waals surface area contributed by atoms with Gasteiger partial charge in [-0.1, -0.05) is 17.7 Å². The first-order valence-corrected chi connectivity index (χ1v) is 13.3. The Balaban J connectivity index is 1.54. The Labute approximate surface area is 234 Å². The average Bonchev–Trinajstić information content (AvgIpc) is 3.26. The summed E-state index contributed by atoms with van der Waals surface area (Å²) in [6, 6.07) is 8.97. The number of piperazine rings is 1. The molecular weight excluding hydrogens is 543 g/mol. The third kappa shape index (κ3) is 5.21. The van der Waals surface area contributed by atoms with Crippen LogP contribution >= 0.6 is 11.6 Å².